The molecule has 85 heavy (non-hydrogen) atoms. The molecule has 0 saturated carbocycles. The molecule has 0 aliphatic heterocycles. The third kappa shape index (κ3) is 21.4. The lowest BCUT2D eigenvalue weighted by Crippen LogP contribution is -2.13. The molecule has 0 aliphatic carbocycles. The molecule has 0 atom stereocenters. The average Bonchev–Trinajstić information content (AvgIpc) is 3.13. The van der Waals surface area contributed by atoms with Crippen LogP contribution in [0, 0.1) is 79.6 Å². The first-order valence-corrected chi connectivity index (χ1v) is 28.3. The Morgan fingerprint density at radius 2 is 0.682 bits per heavy atom. The van der Waals surface area contributed by atoms with Gasteiger partial charge in [0.1, 0.15) is 17.7 Å². The standard InChI is InChI=1S/C15H14FN.C15H15N.2C11H12ClN.C11H12FN.C11H13N.CH4/c1-15(2,3)14-7-4-10(9-17)12-6-5-11(16)8-13(12)14;1-15(2,3)14-9-8-11(10-16)12-6-4-5-7-13(12)14;1-11(2,3)9-5-4-8(7-13)10(12)6-9;2*1-11(2,3)9-5-4-8(7-13)6-10(9)12;1-11(2,3)10-6-4-9(8-12)5-7-10;/h4-8H,1-3H3;4-9H,1-3H3;3*4-6H,1-3H3;4-7H,1-3H3;1H4. The van der Waals surface area contributed by atoms with Crippen molar-refractivity contribution >= 4 is 44.7 Å². The Bertz CT molecular complexity index is 3780. The van der Waals surface area contributed by atoms with Crippen LogP contribution in [0.2, 0.25) is 10.0 Å². The number of rotatable bonds is 0. The summed E-state index contributed by atoms with van der Waals surface area (Å²) in [5.41, 5.74) is 10.2. The monoisotopic (exact) mass is 1170 g/mol. The molecular weight excluding hydrogens is 1090 g/mol. The summed E-state index contributed by atoms with van der Waals surface area (Å²) in [5, 5.41) is 57.7. The molecule has 0 spiro atoms. The first kappa shape index (κ1) is 72.8. The summed E-state index contributed by atoms with van der Waals surface area (Å²) in [7, 11) is 0. The Morgan fingerprint density at radius 1 is 0.306 bits per heavy atom. The van der Waals surface area contributed by atoms with Crippen molar-refractivity contribution in [2.75, 3.05) is 0 Å². The van der Waals surface area contributed by atoms with E-state index in [1.165, 1.54) is 34.7 Å². The molecule has 440 valence electrons. The number of nitriles is 6. The SMILES string of the molecule is C.CC(C)(C)c1ccc(C#N)c(Cl)c1.CC(C)(C)c1ccc(C#N)c2ccc(F)cc12.CC(C)(C)c1ccc(C#N)c2ccccc12.CC(C)(C)c1ccc(C#N)cc1.CC(C)(C)c1ccc(C#N)cc1Cl.CC(C)(C)c1ccc(C#N)cc1F. The van der Waals surface area contributed by atoms with Crippen LogP contribution in [0.25, 0.3) is 21.5 Å². The highest BCUT2D eigenvalue weighted by Gasteiger charge is 2.22. The van der Waals surface area contributed by atoms with E-state index in [1.807, 2.05) is 106 Å². The van der Waals surface area contributed by atoms with Crippen molar-refractivity contribution in [2.24, 2.45) is 0 Å². The number of nitrogens with zero attached hydrogens (tertiary/aromatic N) is 6. The summed E-state index contributed by atoms with van der Waals surface area (Å²) in [6, 6.07) is 56.3. The van der Waals surface area contributed by atoms with Gasteiger partial charge in [0.25, 0.3) is 0 Å². The molecule has 0 fully saturated rings. The molecule has 0 radical (unpaired) electrons. The maximum atomic E-state index is 13.4. The van der Waals surface area contributed by atoms with Gasteiger partial charge in [-0.05, 0) is 160 Å². The van der Waals surface area contributed by atoms with Gasteiger partial charge in [0.05, 0.1) is 68.7 Å². The third-order valence-corrected chi connectivity index (χ3v) is 14.0. The lowest BCUT2D eigenvalue weighted by atomic mass is 9.83. The molecule has 8 rings (SSSR count). The summed E-state index contributed by atoms with van der Waals surface area (Å²) < 4.78 is 26.7. The quantitative estimate of drug-likeness (QED) is 0.148. The number of hydrogen-bond donors (Lipinski definition) is 0. The van der Waals surface area contributed by atoms with Gasteiger partial charge in [0, 0.05) is 5.02 Å². The van der Waals surface area contributed by atoms with Gasteiger partial charge in [0.15, 0.2) is 0 Å². The molecule has 0 bridgehead atoms. The van der Waals surface area contributed by atoms with Crippen molar-refractivity contribution in [3.8, 4) is 36.4 Å². The van der Waals surface area contributed by atoms with Crippen LogP contribution < -0.4 is 0 Å². The summed E-state index contributed by atoms with van der Waals surface area (Å²) in [4.78, 5) is 0. The van der Waals surface area contributed by atoms with Crippen molar-refractivity contribution < 1.29 is 8.78 Å². The average molecular weight is 1180 g/mol. The predicted octanol–water partition coefficient (Wildman–Crippen LogP) is 21.7. The highest BCUT2D eigenvalue weighted by atomic mass is 35.5. The van der Waals surface area contributed by atoms with Gasteiger partial charge in [-0.25, -0.2) is 8.78 Å². The number of halogens is 4. The summed E-state index contributed by atoms with van der Waals surface area (Å²) >= 11 is 12.0. The van der Waals surface area contributed by atoms with E-state index in [9.17, 15) is 8.78 Å². The Labute approximate surface area is 517 Å². The second-order valence-electron chi connectivity index (χ2n) is 26.4. The van der Waals surface area contributed by atoms with E-state index in [0.29, 0.717) is 37.9 Å². The molecule has 0 aliphatic rings. The van der Waals surface area contributed by atoms with E-state index >= 15 is 0 Å². The molecule has 6 nitrogen and oxygen atoms in total. The van der Waals surface area contributed by atoms with Gasteiger partial charge in [-0.1, -0.05) is 228 Å². The lowest BCUT2D eigenvalue weighted by molar-refractivity contribution is 0.522. The van der Waals surface area contributed by atoms with Crippen molar-refractivity contribution in [2.45, 2.75) is 165 Å². The smallest absolute Gasteiger partial charge is 0.128 e. The maximum Gasteiger partial charge on any atom is 0.128 e. The topological polar surface area (TPSA) is 143 Å². The largest absolute Gasteiger partial charge is 0.207 e. The van der Waals surface area contributed by atoms with Crippen LogP contribution in [0.3, 0.4) is 0 Å². The van der Waals surface area contributed by atoms with E-state index in [4.69, 9.17) is 54.8 Å². The van der Waals surface area contributed by atoms with Crippen LogP contribution >= 0.6 is 23.2 Å². The third-order valence-electron chi connectivity index (χ3n) is 13.4. The molecule has 8 aromatic carbocycles. The van der Waals surface area contributed by atoms with Crippen LogP contribution in [0.5, 0.6) is 0 Å². The minimum atomic E-state index is -0.299. The van der Waals surface area contributed by atoms with Crippen LogP contribution in [0.1, 0.15) is 199 Å². The van der Waals surface area contributed by atoms with Gasteiger partial charge in [-0.2, -0.15) is 31.6 Å². The minimum Gasteiger partial charge on any atom is -0.207 e. The molecule has 10 heteroatoms. The second-order valence-corrected chi connectivity index (χ2v) is 27.2. The van der Waals surface area contributed by atoms with Gasteiger partial charge in [0.2, 0.25) is 0 Å². The fraction of sp³-hybridized carbons (Fsp3) is 0.333. The van der Waals surface area contributed by atoms with Gasteiger partial charge >= 0.3 is 0 Å². The van der Waals surface area contributed by atoms with E-state index in [2.05, 4.69) is 140 Å². The number of hydrogen-bond acceptors (Lipinski definition) is 6. The molecular formula is C75H82Cl2F2N6. The maximum absolute atomic E-state index is 13.4. The van der Waals surface area contributed by atoms with Crippen molar-refractivity contribution in [1.82, 2.24) is 0 Å². The highest BCUT2D eigenvalue weighted by Crippen LogP contribution is 2.35. The zero-order chi connectivity index (χ0) is 63.8. The molecule has 0 aromatic heterocycles. The fourth-order valence-electron chi connectivity index (χ4n) is 8.63. The highest BCUT2D eigenvalue weighted by molar-refractivity contribution is 6.32. The number of fused-ring (bicyclic) bond motifs is 2. The first-order valence-electron chi connectivity index (χ1n) is 27.5. The summed E-state index contributed by atoms with van der Waals surface area (Å²) in [6.07, 6.45) is 0. The second kappa shape index (κ2) is 30.5. The van der Waals surface area contributed by atoms with Crippen molar-refractivity contribution in [1.29, 1.82) is 31.6 Å². The van der Waals surface area contributed by atoms with Crippen LogP contribution in [-0.2, 0) is 32.5 Å². The lowest BCUT2D eigenvalue weighted by Gasteiger charge is -2.21. The van der Waals surface area contributed by atoms with Gasteiger partial charge in [-0.3, -0.25) is 0 Å². The molecule has 0 N–H and O–H groups in total. The Balaban J connectivity index is 0.000000349. The van der Waals surface area contributed by atoms with E-state index in [1.54, 1.807) is 42.5 Å². The van der Waals surface area contributed by atoms with E-state index in [0.717, 1.165) is 44.0 Å². The first-order chi connectivity index (χ1) is 38.8. The minimum absolute atomic E-state index is 0. The summed E-state index contributed by atoms with van der Waals surface area (Å²) in [5.74, 6) is -0.565. The zero-order valence-corrected chi connectivity index (χ0v) is 53.6. The van der Waals surface area contributed by atoms with E-state index in [-0.39, 0.29) is 51.6 Å². The summed E-state index contributed by atoms with van der Waals surface area (Å²) in [6.45, 7) is 37.8. The van der Waals surface area contributed by atoms with Crippen LogP contribution in [0.4, 0.5) is 8.78 Å². The molecule has 8 aromatic rings. The fourth-order valence-corrected chi connectivity index (χ4v) is 9.31. The molecule has 0 heterocycles. The molecule has 0 unspecified atom stereocenters. The van der Waals surface area contributed by atoms with E-state index < -0.39 is 0 Å². The normalized spacial score (nSPS) is 11.0. The predicted molar refractivity (Wildman–Crippen MR) is 351 cm³/mol. The van der Waals surface area contributed by atoms with Crippen molar-refractivity contribution in [3.63, 3.8) is 0 Å². The van der Waals surface area contributed by atoms with Crippen molar-refractivity contribution in [3.05, 3.63) is 234 Å². The van der Waals surface area contributed by atoms with Crippen LogP contribution in [0.15, 0.2) is 146 Å². The molecule has 0 saturated heterocycles. The Hall–Kier alpha value is -8.34. The Morgan fingerprint density at radius 3 is 1.08 bits per heavy atom. The van der Waals surface area contributed by atoms with Gasteiger partial charge < -0.3 is 0 Å². The Kier molecular flexibility index (Phi) is 26.1. The van der Waals surface area contributed by atoms with Gasteiger partial charge in [-0.15, -0.1) is 0 Å². The molecule has 0 amide bonds. The van der Waals surface area contributed by atoms with Crippen LogP contribution in [-0.4, -0.2) is 0 Å². The number of benzene rings is 8. The zero-order valence-electron chi connectivity index (χ0n) is 52.1.